The first-order chi connectivity index (χ1) is 19.7. The fourth-order valence-corrected chi connectivity index (χ4v) is 21.0. The number of halogens is 2. The molecule has 5 heteroatoms. The second-order valence-electron chi connectivity index (χ2n) is 11.4. The molecule has 0 aliphatic heterocycles. The van der Waals surface area contributed by atoms with Crippen molar-refractivity contribution in [1.82, 2.24) is 0 Å². The molecule has 0 aromatic heterocycles. The number of hydrogen-bond acceptors (Lipinski definition) is 2. The fourth-order valence-electron chi connectivity index (χ4n) is 6.62. The van der Waals surface area contributed by atoms with Gasteiger partial charge in [0.25, 0.3) is 0 Å². The molecule has 0 N–H and O–H groups in total. The first-order valence-electron chi connectivity index (χ1n) is 14.1. The summed E-state index contributed by atoms with van der Waals surface area (Å²) in [6.45, 7) is 10.3. The van der Waals surface area contributed by atoms with Crippen LogP contribution >= 0.6 is 0 Å². The van der Waals surface area contributed by atoms with E-state index >= 15 is 8.78 Å². The van der Waals surface area contributed by atoms with Crippen LogP contribution in [0.4, 0.5) is 8.78 Å². The van der Waals surface area contributed by atoms with Crippen molar-refractivity contribution < 1.29 is 33.6 Å². The average molecular weight is 628 g/mol. The Bertz CT molecular complexity index is 1700. The molecule has 2 nitrogen and oxygen atoms in total. The number of allylic oxidation sites excluding steroid dienone is 2. The van der Waals surface area contributed by atoms with Gasteiger partial charge in [-0.25, -0.2) is 0 Å². The number of rotatable bonds is 6. The molecule has 0 saturated heterocycles. The molecule has 0 radical (unpaired) electrons. The Morgan fingerprint density at radius 3 is 1.39 bits per heavy atom. The van der Waals surface area contributed by atoms with E-state index in [1.807, 2.05) is 6.92 Å². The normalized spacial score (nSPS) is 17.4. The van der Waals surface area contributed by atoms with Crippen molar-refractivity contribution in [3.63, 3.8) is 0 Å². The van der Waals surface area contributed by atoms with Crippen molar-refractivity contribution in [3.05, 3.63) is 141 Å². The van der Waals surface area contributed by atoms with Crippen molar-refractivity contribution in [2.75, 3.05) is 0 Å². The van der Waals surface area contributed by atoms with Gasteiger partial charge in [0, 0.05) is 0 Å². The van der Waals surface area contributed by atoms with Crippen LogP contribution in [0.25, 0.3) is 12.2 Å². The summed E-state index contributed by atoms with van der Waals surface area (Å²) in [5.74, 6) is -0.722. The zero-order valence-corrected chi connectivity index (χ0v) is 26.5. The third-order valence-electron chi connectivity index (χ3n) is 9.13. The molecule has 2 unspecified atom stereocenters. The third-order valence-corrected chi connectivity index (χ3v) is 23.7. The third kappa shape index (κ3) is 4.32. The van der Waals surface area contributed by atoms with Gasteiger partial charge in [-0.05, 0) is 0 Å². The van der Waals surface area contributed by atoms with Crippen LogP contribution in [0.3, 0.4) is 0 Å². The van der Waals surface area contributed by atoms with Gasteiger partial charge in [-0.2, -0.15) is 0 Å². The van der Waals surface area contributed by atoms with E-state index < -0.39 is 30.8 Å². The summed E-state index contributed by atoms with van der Waals surface area (Å²) < 4.78 is 47.0. The summed E-state index contributed by atoms with van der Waals surface area (Å²) in [5.41, 5.74) is 8.96. The Labute approximate surface area is 242 Å². The van der Waals surface area contributed by atoms with Crippen molar-refractivity contribution in [2.24, 2.45) is 0 Å². The second kappa shape index (κ2) is 10.1. The molecule has 41 heavy (non-hydrogen) atoms. The number of aryl methyl sites for hydroxylation is 4. The molecule has 6 rings (SSSR count). The summed E-state index contributed by atoms with van der Waals surface area (Å²) >= 11 is -5.74. The van der Waals surface area contributed by atoms with Crippen LogP contribution in [0.5, 0.6) is 11.5 Å². The Balaban J connectivity index is 1.74. The summed E-state index contributed by atoms with van der Waals surface area (Å²) in [6.07, 6.45) is 8.50. The molecule has 2 atom stereocenters. The first-order valence-corrected chi connectivity index (χ1v) is 20.4. The van der Waals surface area contributed by atoms with Crippen LogP contribution in [0.15, 0.2) is 84.9 Å². The van der Waals surface area contributed by atoms with Gasteiger partial charge >= 0.3 is 244 Å². The monoisotopic (exact) mass is 626 g/mol. The van der Waals surface area contributed by atoms with Gasteiger partial charge in [0.15, 0.2) is 0 Å². The Morgan fingerprint density at radius 1 is 0.610 bits per heavy atom. The first kappa shape index (κ1) is 27.7. The van der Waals surface area contributed by atoms with Gasteiger partial charge in [0.2, 0.25) is 0 Å². The molecule has 0 bridgehead atoms. The molecular formula is C36H34F2O2Zr. The van der Waals surface area contributed by atoms with E-state index in [9.17, 15) is 0 Å². The molecular weight excluding hydrogens is 594 g/mol. The Hall–Kier alpha value is -3.43. The standard InChI is InChI=1S/2C11H11.2C6H5FO.C2H4.Zr/c2*1-8-6-10-4-3-5-11(10)7-9(8)2;2*7-5-3-1-2-4-6(5)8;1-2;/h2*3-7H,1-2H3;2*1-4,8H;1H,2H3;/q;;;;;+2/p-2. The van der Waals surface area contributed by atoms with E-state index in [2.05, 4.69) is 80.0 Å². The summed E-state index contributed by atoms with van der Waals surface area (Å²) in [5, 5.41) is 0. The van der Waals surface area contributed by atoms with Gasteiger partial charge in [-0.1, -0.05) is 0 Å². The van der Waals surface area contributed by atoms with Gasteiger partial charge in [-0.3, -0.25) is 0 Å². The molecule has 0 amide bonds. The zero-order chi connectivity index (χ0) is 29.0. The van der Waals surface area contributed by atoms with Crippen molar-refractivity contribution in [1.29, 1.82) is 0 Å². The van der Waals surface area contributed by atoms with Gasteiger partial charge in [-0.15, -0.1) is 0 Å². The van der Waals surface area contributed by atoms with E-state index in [-0.39, 0.29) is 18.8 Å². The van der Waals surface area contributed by atoms with Gasteiger partial charge < -0.3 is 0 Å². The number of para-hydroxylation sites is 2. The Kier molecular flexibility index (Phi) is 6.85. The van der Waals surface area contributed by atoms with E-state index in [0.29, 0.717) is 0 Å². The molecule has 208 valence electrons. The molecule has 4 aromatic rings. The topological polar surface area (TPSA) is 18.5 Å². The maximum atomic E-state index is 15.6. The quantitative estimate of drug-likeness (QED) is 0.212. The van der Waals surface area contributed by atoms with Crippen molar-refractivity contribution in [2.45, 2.75) is 41.9 Å². The van der Waals surface area contributed by atoms with Crippen LogP contribution in [-0.4, -0.2) is 3.71 Å². The second-order valence-corrected chi connectivity index (χ2v) is 23.3. The van der Waals surface area contributed by atoms with Crippen molar-refractivity contribution in [3.8, 4) is 11.5 Å². The molecule has 2 aliphatic carbocycles. The van der Waals surface area contributed by atoms with E-state index in [4.69, 9.17) is 5.63 Å². The fraction of sp³-hybridized carbons (Fsp3) is 0.194. The van der Waals surface area contributed by atoms with Gasteiger partial charge in [0.1, 0.15) is 0 Å². The maximum absolute atomic E-state index is 15.6. The molecule has 0 saturated carbocycles. The molecule has 0 spiro atoms. The van der Waals surface area contributed by atoms with E-state index in [1.54, 1.807) is 36.4 Å². The summed E-state index contributed by atoms with van der Waals surface area (Å²) in [4.78, 5) is 0. The zero-order valence-electron chi connectivity index (χ0n) is 24.0. The average Bonchev–Trinajstić information content (AvgIpc) is 3.56. The Morgan fingerprint density at radius 2 is 1.00 bits per heavy atom. The molecule has 0 fully saturated rings. The van der Waals surface area contributed by atoms with Gasteiger partial charge in [0.05, 0.1) is 0 Å². The van der Waals surface area contributed by atoms with Crippen LogP contribution in [0, 0.1) is 39.3 Å². The predicted molar refractivity (Wildman–Crippen MR) is 161 cm³/mol. The number of fused-ring (bicyclic) bond motifs is 2. The van der Waals surface area contributed by atoms with Crippen LogP contribution in [0.2, 0.25) is 0 Å². The number of hydrogen-bond donors (Lipinski definition) is 0. The minimum absolute atomic E-state index is 0.115. The molecule has 4 aromatic carbocycles. The van der Waals surface area contributed by atoms with E-state index in [0.717, 1.165) is 33.4 Å². The SMILES string of the molecule is C[CH]=[Zr]([O]c1ccccc1F)([O]c1ccccc1F)([CH]1C=Cc2cc(C)c(C)cc21)[CH]1C=Cc2cc(C)c(C)cc21. The molecule has 0 heterocycles. The van der Waals surface area contributed by atoms with E-state index in [1.165, 1.54) is 23.3 Å². The molecule has 2 aliphatic rings. The number of benzene rings is 4. The van der Waals surface area contributed by atoms with Crippen molar-refractivity contribution >= 4 is 15.9 Å². The summed E-state index contributed by atoms with van der Waals surface area (Å²) in [7, 11) is 0. The van der Waals surface area contributed by atoms with Crippen LogP contribution in [-0.2, 0) is 19.2 Å². The minimum atomic E-state index is -5.74. The van der Waals surface area contributed by atoms with Crippen LogP contribution < -0.4 is 5.63 Å². The summed E-state index contributed by atoms with van der Waals surface area (Å²) in [6, 6.07) is 21.7. The van der Waals surface area contributed by atoms with Crippen LogP contribution in [0.1, 0.15) is 58.7 Å². The predicted octanol–water partition coefficient (Wildman–Crippen LogP) is 9.53.